The molecule has 1 unspecified atom stereocenters. The first-order valence-corrected chi connectivity index (χ1v) is 8.66. The van der Waals surface area contributed by atoms with Gasteiger partial charge in [-0.25, -0.2) is 4.39 Å². The highest BCUT2D eigenvalue weighted by molar-refractivity contribution is 6.09. The second-order valence-electron chi connectivity index (χ2n) is 6.47. The van der Waals surface area contributed by atoms with Crippen LogP contribution in [-0.4, -0.2) is 17.9 Å². The fourth-order valence-corrected chi connectivity index (χ4v) is 3.18. The molecule has 2 N–H and O–H groups in total. The van der Waals surface area contributed by atoms with Crippen LogP contribution in [0.4, 0.5) is 10.1 Å². The van der Waals surface area contributed by atoms with Gasteiger partial charge in [0.15, 0.2) is 0 Å². The zero-order chi connectivity index (χ0) is 18.8. The molecule has 0 saturated heterocycles. The SMILES string of the molecule is O=C1NC(Cc2ccc(-c3ccccc3)cc2)C(=O)Nc2ccc(F)cc21. The highest BCUT2D eigenvalue weighted by Gasteiger charge is 2.28. The van der Waals surface area contributed by atoms with Crippen LogP contribution in [0.5, 0.6) is 0 Å². The Morgan fingerprint density at radius 1 is 0.852 bits per heavy atom. The molecule has 0 fully saturated rings. The number of hydrogen-bond acceptors (Lipinski definition) is 2. The lowest BCUT2D eigenvalue weighted by atomic mass is 10.0. The van der Waals surface area contributed by atoms with Crippen LogP contribution in [0.25, 0.3) is 11.1 Å². The molecule has 0 aromatic heterocycles. The van der Waals surface area contributed by atoms with Crippen molar-refractivity contribution < 1.29 is 14.0 Å². The largest absolute Gasteiger partial charge is 0.340 e. The van der Waals surface area contributed by atoms with Crippen LogP contribution in [0.2, 0.25) is 0 Å². The average molecular weight is 360 g/mol. The molecule has 27 heavy (non-hydrogen) atoms. The second kappa shape index (κ2) is 7.03. The molecule has 3 aromatic rings. The second-order valence-corrected chi connectivity index (χ2v) is 6.47. The maximum absolute atomic E-state index is 13.4. The molecule has 3 aromatic carbocycles. The molecule has 1 atom stereocenters. The van der Waals surface area contributed by atoms with Gasteiger partial charge in [0.2, 0.25) is 5.91 Å². The van der Waals surface area contributed by atoms with Crippen LogP contribution >= 0.6 is 0 Å². The predicted octanol–water partition coefficient (Wildman–Crippen LogP) is 3.79. The summed E-state index contributed by atoms with van der Waals surface area (Å²) < 4.78 is 13.4. The van der Waals surface area contributed by atoms with Gasteiger partial charge in [0.05, 0.1) is 11.3 Å². The Bertz CT molecular complexity index is 1000. The number of carbonyl (C=O) groups is 2. The average Bonchev–Trinajstić information content (AvgIpc) is 2.80. The number of anilines is 1. The van der Waals surface area contributed by atoms with E-state index in [4.69, 9.17) is 0 Å². The number of nitrogens with one attached hydrogen (secondary N) is 2. The van der Waals surface area contributed by atoms with E-state index in [1.54, 1.807) is 0 Å². The Morgan fingerprint density at radius 2 is 1.56 bits per heavy atom. The van der Waals surface area contributed by atoms with Crippen molar-refractivity contribution in [2.75, 3.05) is 5.32 Å². The molecule has 0 saturated carbocycles. The lowest BCUT2D eigenvalue weighted by Crippen LogP contribution is -2.42. The van der Waals surface area contributed by atoms with E-state index in [0.717, 1.165) is 22.8 Å². The topological polar surface area (TPSA) is 58.2 Å². The fraction of sp³-hybridized carbons (Fsp3) is 0.0909. The smallest absolute Gasteiger partial charge is 0.254 e. The number of benzene rings is 3. The summed E-state index contributed by atoms with van der Waals surface area (Å²) in [5, 5.41) is 5.39. The third-order valence-electron chi connectivity index (χ3n) is 4.61. The van der Waals surface area contributed by atoms with Gasteiger partial charge in [0, 0.05) is 6.42 Å². The summed E-state index contributed by atoms with van der Waals surface area (Å²) in [6.45, 7) is 0. The van der Waals surface area contributed by atoms with Crippen LogP contribution < -0.4 is 10.6 Å². The lowest BCUT2D eigenvalue weighted by Gasteiger charge is -2.15. The minimum Gasteiger partial charge on any atom is -0.340 e. The van der Waals surface area contributed by atoms with Gasteiger partial charge in [0.25, 0.3) is 5.91 Å². The van der Waals surface area contributed by atoms with Crippen molar-refractivity contribution in [1.29, 1.82) is 0 Å². The van der Waals surface area contributed by atoms with Crippen molar-refractivity contribution in [1.82, 2.24) is 5.32 Å². The van der Waals surface area contributed by atoms with E-state index in [2.05, 4.69) is 10.6 Å². The molecule has 134 valence electrons. The van der Waals surface area contributed by atoms with Gasteiger partial charge in [-0.15, -0.1) is 0 Å². The van der Waals surface area contributed by atoms with Crippen molar-refractivity contribution in [3.05, 3.63) is 89.7 Å². The Balaban J connectivity index is 1.53. The molecule has 1 aliphatic rings. The van der Waals surface area contributed by atoms with E-state index in [9.17, 15) is 14.0 Å². The first-order valence-electron chi connectivity index (χ1n) is 8.66. The monoisotopic (exact) mass is 360 g/mol. The minimum absolute atomic E-state index is 0.130. The minimum atomic E-state index is -0.726. The number of halogens is 1. The summed E-state index contributed by atoms with van der Waals surface area (Å²) in [4.78, 5) is 24.9. The van der Waals surface area contributed by atoms with E-state index in [1.165, 1.54) is 12.1 Å². The van der Waals surface area contributed by atoms with Gasteiger partial charge in [-0.1, -0.05) is 54.6 Å². The molecule has 4 rings (SSSR count). The van der Waals surface area contributed by atoms with Crippen LogP contribution in [0, 0.1) is 5.82 Å². The summed E-state index contributed by atoms with van der Waals surface area (Å²) in [5.74, 6) is -1.30. The summed E-state index contributed by atoms with van der Waals surface area (Å²) in [7, 11) is 0. The molecule has 1 aliphatic heterocycles. The van der Waals surface area contributed by atoms with E-state index in [0.29, 0.717) is 12.1 Å². The quantitative estimate of drug-likeness (QED) is 0.747. The molecular formula is C22H17FN2O2. The highest BCUT2D eigenvalue weighted by atomic mass is 19.1. The van der Waals surface area contributed by atoms with Crippen LogP contribution in [0.3, 0.4) is 0 Å². The summed E-state index contributed by atoms with van der Waals surface area (Å²) in [6, 6.07) is 20.9. The summed E-state index contributed by atoms with van der Waals surface area (Å²) in [5.41, 5.74) is 3.57. The Morgan fingerprint density at radius 3 is 2.30 bits per heavy atom. The van der Waals surface area contributed by atoms with Gasteiger partial charge in [-0.2, -0.15) is 0 Å². The first-order chi connectivity index (χ1) is 13.1. The zero-order valence-electron chi connectivity index (χ0n) is 14.4. The van der Waals surface area contributed by atoms with E-state index < -0.39 is 17.8 Å². The summed E-state index contributed by atoms with van der Waals surface area (Å²) >= 11 is 0. The Kier molecular flexibility index (Phi) is 4.42. The number of amides is 2. The third-order valence-corrected chi connectivity index (χ3v) is 4.61. The van der Waals surface area contributed by atoms with Gasteiger partial charge in [0.1, 0.15) is 11.9 Å². The van der Waals surface area contributed by atoms with Crippen LogP contribution in [-0.2, 0) is 11.2 Å². The third kappa shape index (κ3) is 3.58. The van der Waals surface area contributed by atoms with Crippen molar-refractivity contribution in [3.63, 3.8) is 0 Å². The molecule has 0 spiro atoms. The van der Waals surface area contributed by atoms with Crippen molar-refractivity contribution >= 4 is 17.5 Å². The Hall–Kier alpha value is -3.47. The molecular weight excluding hydrogens is 343 g/mol. The standard InChI is InChI=1S/C22H17FN2O2/c23-17-10-11-19-18(13-17)21(26)25-20(22(27)24-19)12-14-6-8-16(9-7-14)15-4-2-1-3-5-15/h1-11,13,20H,12H2,(H,24,27)(H,25,26). The lowest BCUT2D eigenvalue weighted by molar-refractivity contribution is -0.117. The van der Waals surface area contributed by atoms with Gasteiger partial charge in [-0.3, -0.25) is 9.59 Å². The Labute approximate surface area is 156 Å². The number of fused-ring (bicyclic) bond motifs is 1. The highest BCUT2D eigenvalue weighted by Crippen LogP contribution is 2.22. The van der Waals surface area contributed by atoms with Crippen molar-refractivity contribution in [2.45, 2.75) is 12.5 Å². The molecule has 0 radical (unpaired) electrons. The van der Waals surface area contributed by atoms with E-state index >= 15 is 0 Å². The van der Waals surface area contributed by atoms with Crippen molar-refractivity contribution in [3.8, 4) is 11.1 Å². The van der Waals surface area contributed by atoms with E-state index in [-0.39, 0.29) is 11.5 Å². The molecule has 4 nitrogen and oxygen atoms in total. The summed E-state index contributed by atoms with van der Waals surface area (Å²) in [6.07, 6.45) is 0.350. The van der Waals surface area contributed by atoms with Crippen LogP contribution in [0.15, 0.2) is 72.8 Å². The maximum atomic E-state index is 13.4. The molecule has 5 heteroatoms. The molecule has 1 heterocycles. The normalized spacial score (nSPS) is 16.1. The molecule has 0 aliphatic carbocycles. The van der Waals surface area contributed by atoms with E-state index in [1.807, 2.05) is 54.6 Å². The zero-order valence-corrected chi connectivity index (χ0v) is 14.4. The fourth-order valence-electron chi connectivity index (χ4n) is 3.18. The maximum Gasteiger partial charge on any atom is 0.254 e. The first kappa shape index (κ1) is 17.0. The van der Waals surface area contributed by atoms with Crippen molar-refractivity contribution in [2.24, 2.45) is 0 Å². The van der Waals surface area contributed by atoms with Gasteiger partial charge in [-0.05, 0) is 34.9 Å². The number of hydrogen-bond donors (Lipinski definition) is 2. The van der Waals surface area contributed by atoms with Crippen LogP contribution in [0.1, 0.15) is 15.9 Å². The van der Waals surface area contributed by atoms with Gasteiger partial charge >= 0.3 is 0 Å². The number of rotatable bonds is 3. The van der Waals surface area contributed by atoms with Gasteiger partial charge < -0.3 is 10.6 Å². The molecule has 0 bridgehead atoms. The number of carbonyl (C=O) groups excluding carboxylic acids is 2. The molecule has 2 amide bonds. The predicted molar refractivity (Wildman–Crippen MR) is 102 cm³/mol.